The van der Waals surface area contributed by atoms with Crippen molar-refractivity contribution in [3.8, 4) is 34.2 Å². The van der Waals surface area contributed by atoms with Crippen LogP contribution in [0.2, 0.25) is 0 Å². The standard InChI is InChI=1S/C59H37N3O3/c1-34-18-28-49-46(30-34)40-10-2-6-14-48(40)59(49,39-25-29-53-47(33-39)43-13-5-9-17-52(43)63-53)38-23-19-35(20-24-38)56-60-57(36-21-26-44-41-11-3-7-15-50(41)64-54(44)31-36)62-58(61-56)37-22-27-45-42-12-4-8-16-51(42)65-55(45)32-37/h2-29,31-34H,30H2,1H3. The Balaban J connectivity index is 0.958. The zero-order chi connectivity index (χ0) is 42.8. The minimum Gasteiger partial charge on any atom is -0.456 e. The minimum absolute atomic E-state index is 0.438. The fourth-order valence-corrected chi connectivity index (χ4v) is 10.8. The Bertz CT molecular complexity index is 3880. The van der Waals surface area contributed by atoms with Crippen molar-refractivity contribution in [3.63, 3.8) is 0 Å². The second-order valence-corrected chi connectivity index (χ2v) is 17.5. The summed E-state index contributed by atoms with van der Waals surface area (Å²) in [4.78, 5) is 15.6. The first kappa shape index (κ1) is 36.2. The molecule has 2 aliphatic carbocycles. The number of hydrogen-bond donors (Lipinski definition) is 0. The van der Waals surface area contributed by atoms with Crippen molar-refractivity contribution in [1.29, 1.82) is 0 Å². The molecule has 306 valence electrons. The van der Waals surface area contributed by atoms with Crippen molar-refractivity contribution in [2.24, 2.45) is 5.92 Å². The molecule has 4 heterocycles. The van der Waals surface area contributed by atoms with Gasteiger partial charge < -0.3 is 13.3 Å². The van der Waals surface area contributed by atoms with Gasteiger partial charge in [-0.3, -0.25) is 0 Å². The van der Waals surface area contributed by atoms with Gasteiger partial charge in [0.05, 0.1) is 5.41 Å². The zero-order valence-electron chi connectivity index (χ0n) is 35.2. The van der Waals surface area contributed by atoms with Gasteiger partial charge in [-0.25, -0.2) is 15.0 Å². The molecule has 0 amide bonds. The van der Waals surface area contributed by atoms with Gasteiger partial charge >= 0.3 is 0 Å². The summed E-state index contributed by atoms with van der Waals surface area (Å²) < 4.78 is 19.0. The third-order valence-electron chi connectivity index (χ3n) is 13.8. The Morgan fingerprint density at radius 1 is 0.431 bits per heavy atom. The fourth-order valence-electron chi connectivity index (χ4n) is 10.8. The second-order valence-electron chi connectivity index (χ2n) is 17.5. The van der Waals surface area contributed by atoms with Crippen LogP contribution in [0.4, 0.5) is 0 Å². The molecule has 6 nitrogen and oxygen atoms in total. The normalized spacial score (nSPS) is 17.0. The molecule has 14 rings (SSSR count). The van der Waals surface area contributed by atoms with E-state index in [4.69, 9.17) is 28.2 Å². The van der Waals surface area contributed by atoms with E-state index in [1.54, 1.807) is 0 Å². The van der Waals surface area contributed by atoms with Gasteiger partial charge in [-0.2, -0.15) is 0 Å². The molecule has 0 radical (unpaired) electrons. The average molecular weight is 836 g/mol. The highest BCUT2D eigenvalue weighted by Gasteiger charge is 2.47. The quantitative estimate of drug-likeness (QED) is 0.172. The van der Waals surface area contributed by atoms with Gasteiger partial charge in [0.1, 0.15) is 33.5 Å². The van der Waals surface area contributed by atoms with Gasteiger partial charge in [0.25, 0.3) is 0 Å². The van der Waals surface area contributed by atoms with Crippen LogP contribution in [0.15, 0.2) is 207 Å². The van der Waals surface area contributed by atoms with E-state index in [-0.39, 0.29) is 0 Å². The van der Waals surface area contributed by atoms with Crippen LogP contribution in [-0.4, -0.2) is 15.0 Å². The maximum absolute atomic E-state index is 6.36. The summed E-state index contributed by atoms with van der Waals surface area (Å²) in [6.45, 7) is 2.31. The molecular formula is C59H37N3O3. The van der Waals surface area contributed by atoms with E-state index < -0.39 is 5.41 Å². The smallest absolute Gasteiger partial charge is 0.164 e. The summed E-state index contributed by atoms with van der Waals surface area (Å²) in [5.41, 5.74) is 14.7. The van der Waals surface area contributed by atoms with Crippen LogP contribution in [-0.2, 0) is 5.41 Å². The number of aromatic nitrogens is 3. The molecule has 8 aromatic carbocycles. The molecule has 0 saturated carbocycles. The predicted molar refractivity (Wildman–Crippen MR) is 261 cm³/mol. The third-order valence-corrected chi connectivity index (χ3v) is 13.8. The monoisotopic (exact) mass is 835 g/mol. The predicted octanol–water partition coefficient (Wildman–Crippen LogP) is 15.3. The SMILES string of the molecule is CC1C=CC2=C(C1)c1ccccc1C2(c1ccc(-c2nc(-c3ccc4c(c3)oc3ccccc34)nc(-c3ccc4c(c3)oc3ccccc34)n2)cc1)c1ccc2oc3ccccc3c2c1. The number of nitrogens with zero attached hydrogens (tertiary/aromatic N) is 3. The summed E-state index contributed by atoms with van der Waals surface area (Å²) in [6, 6.07) is 61.6. The van der Waals surface area contributed by atoms with Crippen LogP contribution in [0.25, 0.3) is 106 Å². The molecule has 2 unspecified atom stereocenters. The molecule has 0 N–H and O–H groups in total. The van der Waals surface area contributed by atoms with Crippen LogP contribution in [0.1, 0.15) is 35.6 Å². The maximum Gasteiger partial charge on any atom is 0.164 e. The lowest BCUT2D eigenvalue weighted by Gasteiger charge is -2.36. The molecule has 65 heavy (non-hydrogen) atoms. The van der Waals surface area contributed by atoms with Crippen LogP contribution >= 0.6 is 0 Å². The molecular weight excluding hydrogens is 799 g/mol. The molecule has 0 saturated heterocycles. The van der Waals surface area contributed by atoms with Gasteiger partial charge in [0, 0.05) is 49.0 Å². The van der Waals surface area contributed by atoms with E-state index in [1.807, 2.05) is 60.7 Å². The lowest BCUT2D eigenvalue weighted by atomic mass is 9.66. The topological polar surface area (TPSA) is 78.1 Å². The fraction of sp³-hybridized carbons (Fsp3) is 0.0678. The number of furan rings is 3. The molecule has 0 fully saturated rings. The molecule has 6 heteroatoms. The van der Waals surface area contributed by atoms with Gasteiger partial charge in [-0.1, -0.05) is 140 Å². The average Bonchev–Trinajstić information content (AvgIpc) is 4.11. The van der Waals surface area contributed by atoms with E-state index in [2.05, 4.69) is 134 Å². The number of benzene rings is 8. The first-order valence-electron chi connectivity index (χ1n) is 22.2. The van der Waals surface area contributed by atoms with Crippen molar-refractivity contribution in [2.45, 2.75) is 18.8 Å². The molecule has 4 aromatic heterocycles. The van der Waals surface area contributed by atoms with E-state index in [9.17, 15) is 0 Å². The van der Waals surface area contributed by atoms with Crippen molar-refractivity contribution >= 4 is 71.4 Å². The Morgan fingerprint density at radius 3 is 1.54 bits per heavy atom. The van der Waals surface area contributed by atoms with Gasteiger partial charge in [0.15, 0.2) is 17.5 Å². The lowest BCUT2D eigenvalue weighted by Crippen LogP contribution is -2.29. The Hall–Kier alpha value is -8.35. The third kappa shape index (κ3) is 5.31. The van der Waals surface area contributed by atoms with Crippen LogP contribution < -0.4 is 0 Å². The van der Waals surface area contributed by atoms with E-state index >= 15 is 0 Å². The van der Waals surface area contributed by atoms with Crippen LogP contribution in [0.3, 0.4) is 0 Å². The van der Waals surface area contributed by atoms with Crippen LogP contribution in [0.5, 0.6) is 0 Å². The van der Waals surface area contributed by atoms with Crippen molar-refractivity contribution in [3.05, 3.63) is 216 Å². The Kier molecular flexibility index (Phi) is 7.55. The first-order chi connectivity index (χ1) is 32.1. The highest BCUT2D eigenvalue weighted by molar-refractivity contribution is 6.08. The van der Waals surface area contributed by atoms with Crippen LogP contribution in [0, 0.1) is 5.92 Å². The molecule has 12 aromatic rings. The lowest BCUT2D eigenvalue weighted by molar-refractivity contribution is 0.667. The highest BCUT2D eigenvalue weighted by Crippen LogP contribution is 2.58. The van der Waals surface area contributed by atoms with E-state index in [0.717, 1.165) is 88.9 Å². The summed E-state index contributed by atoms with van der Waals surface area (Å²) in [7, 11) is 0. The second kappa shape index (κ2) is 13.6. The van der Waals surface area contributed by atoms with Crippen molar-refractivity contribution in [2.75, 3.05) is 0 Å². The summed E-state index contributed by atoms with van der Waals surface area (Å²) >= 11 is 0. The summed E-state index contributed by atoms with van der Waals surface area (Å²) in [5, 5.41) is 6.48. The van der Waals surface area contributed by atoms with Gasteiger partial charge in [0.2, 0.25) is 0 Å². The molecule has 0 bridgehead atoms. The van der Waals surface area contributed by atoms with Gasteiger partial charge in [-0.05, 0) is 100 Å². The molecule has 2 aliphatic rings. The number of hydrogen-bond acceptors (Lipinski definition) is 6. The minimum atomic E-state index is -0.576. The zero-order valence-corrected chi connectivity index (χ0v) is 35.2. The summed E-state index contributed by atoms with van der Waals surface area (Å²) in [6.07, 6.45) is 5.74. The molecule has 2 atom stereocenters. The number of rotatable bonds is 5. The summed E-state index contributed by atoms with van der Waals surface area (Å²) in [5.74, 6) is 2.12. The first-order valence-corrected chi connectivity index (χ1v) is 22.2. The number of allylic oxidation sites excluding steroid dienone is 4. The Labute approximate surface area is 372 Å². The number of para-hydroxylation sites is 3. The highest BCUT2D eigenvalue weighted by atomic mass is 16.3. The number of fused-ring (bicyclic) bond motifs is 11. The maximum atomic E-state index is 6.36. The largest absolute Gasteiger partial charge is 0.456 e. The van der Waals surface area contributed by atoms with E-state index in [1.165, 1.54) is 33.4 Å². The Morgan fingerprint density at radius 2 is 0.908 bits per heavy atom. The van der Waals surface area contributed by atoms with E-state index in [0.29, 0.717) is 23.4 Å². The van der Waals surface area contributed by atoms with Gasteiger partial charge in [-0.15, -0.1) is 0 Å². The molecule has 0 spiro atoms. The molecule has 0 aliphatic heterocycles. The van der Waals surface area contributed by atoms with Crippen molar-refractivity contribution < 1.29 is 13.3 Å². The van der Waals surface area contributed by atoms with Crippen molar-refractivity contribution in [1.82, 2.24) is 15.0 Å².